The van der Waals surface area contributed by atoms with Crippen molar-refractivity contribution in [1.82, 2.24) is 9.62 Å². The number of nitrogens with two attached hydrogens (primary N) is 1. The van der Waals surface area contributed by atoms with E-state index >= 15 is 0 Å². The van der Waals surface area contributed by atoms with E-state index in [1.807, 2.05) is 32.8 Å². The SMILES string of the molecule is CN(C)C(C)(C)CNS(=O)(=O)c1cc(N)c(F)cc1Cl. The van der Waals surface area contributed by atoms with Gasteiger partial charge in [-0.1, -0.05) is 11.6 Å². The van der Waals surface area contributed by atoms with E-state index in [1.54, 1.807) is 0 Å². The molecule has 0 amide bonds. The topological polar surface area (TPSA) is 75.4 Å². The quantitative estimate of drug-likeness (QED) is 0.808. The van der Waals surface area contributed by atoms with E-state index in [2.05, 4.69) is 4.72 Å². The van der Waals surface area contributed by atoms with E-state index in [0.717, 1.165) is 12.1 Å². The first-order valence-electron chi connectivity index (χ1n) is 5.89. The highest BCUT2D eigenvalue weighted by Gasteiger charge is 2.26. The predicted octanol–water partition coefficient (Wildman–Crippen LogP) is 1.68. The molecule has 0 heterocycles. The molecule has 0 fully saturated rings. The van der Waals surface area contributed by atoms with Crippen LogP contribution in [0.15, 0.2) is 17.0 Å². The van der Waals surface area contributed by atoms with Crippen molar-refractivity contribution in [2.75, 3.05) is 26.4 Å². The Balaban J connectivity index is 3.04. The zero-order valence-electron chi connectivity index (χ0n) is 11.9. The van der Waals surface area contributed by atoms with Crippen LogP contribution in [0.25, 0.3) is 0 Å². The van der Waals surface area contributed by atoms with E-state index in [4.69, 9.17) is 17.3 Å². The molecule has 0 atom stereocenters. The molecule has 3 N–H and O–H groups in total. The van der Waals surface area contributed by atoms with E-state index in [-0.39, 0.29) is 27.7 Å². The summed E-state index contributed by atoms with van der Waals surface area (Å²) in [7, 11) is -0.163. The van der Waals surface area contributed by atoms with Gasteiger partial charge in [-0.3, -0.25) is 0 Å². The highest BCUT2D eigenvalue weighted by Crippen LogP contribution is 2.26. The van der Waals surface area contributed by atoms with Gasteiger partial charge < -0.3 is 10.6 Å². The molecule has 0 aliphatic rings. The average Bonchev–Trinajstić information content (AvgIpc) is 2.31. The Hall–Kier alpha value is -0.890. The monoisotopic (exact) mass is 323 g/mol. The Morgan fingerprint density at radius 3 is 2.45 bits per heavy atom. The number of likely N-dealkylation sites (N-methyl/N-ethyl adjacent to an activating group) is 1. The van der Waals surface area contributed by atoms with Gasteiger partial charge >= 0.3 is 0 Å². The number of halogens is 2. The molecule has 8 heteroatoms. The third-order valence-corrected chi connectivity index (χ3v) is 5.11. The molecule has 0 unspecified atom stereocenters. The highest BCUT2D eigenvalue weighted by atomic mass is 35.5. The Morgan fingerprint density at radius 2 is 1.95 bits per heavy atom. The average molecular weight is 324 g/mol. The standard InChI is InChI=1S/C12H19ClFN3O2S/c1-12(2,17(3)4)7-16-20(18,19)11-6-10(15)9(14)5-8(11)13/h5-6,16H,7,15H2,1-4H3. The third kappa shape index (κ3) is 3.82. The fourth-order valence-corrected chi connectivity index (χ4v) is 3.01. The van der Waals surface area contributed by atoms with Gasteiger partial charge in [-0.2, -0.15) is 0 Å². The van der Waals surface area contributed by atoms with Crippen LogP contribution in [-0.2, 0) is 10.0 Å². The molecule has 0 aliphatic carbocycles. The van der Waals surface area contributed by atoms with Crippen LogP contribution < -0.4 is 10.5 Å². The molecule has 1 rings (SSSR count). The smallest absolute Gasteiger partial charge is 0.242 e. The van der Waals surface area contributed by atoms with Crippen LogP contribution in [0.4, 0.5) is 10.1 Å². The Bertz CT molecular complexity index is 603. The first-order chi connectivity index (χ1) is 8.97. The molecule has 20 heavy (non-hydrogen) atoms. The molecule has 1 aromatic carbocycles. The molecule has 0 aliphatic heterocycles. The van der Waals surface area contributed by atoms with E-state index in [1.165, 1.54) is 0 Å². The number of nitrogens with zero attached hydrogens (tertiary/aromatic N) is 1. The maximum absolute atomic E-state index is 13.2. The first kappa shape index (κ1) is 17.2. The van der Waals surface area contributed by atoms with Crippen LogP contribution in [0, 0.1) is 5.82 Å². The maximum atomic E-state index is 13.2. The van der Waals surface area contributed by atoms with Crippen molar-refractivity contribution in [1.29, 1.82) is 0 Å². The van der Waals surface area contributed by atoms with Crippen LogP contribution in [0.1, 0.15) is 13.8 Å². The lowest BCUT2D eigenvalue weighted by Crippen LogP contribution is -2.48. The third-order valence-electron chi connectivity index (χ3n) is 3.25. The van der Waals surface area contributed by atoms with Crippen LogP contribution >= 0.6 is 11.6 Å². The lowest BCUT2D eigenvalue weighted by molar-refractivity contribution is 0.199. The number of hydrogen-bond donors (Lipinski definition) is 2. The summed E-state index contributed by atoms with van der Waals surface area (Å²) in [5.41, 5.74) is 4.74. The van der Waals surface area contributed by atoms with Crippen molar-refractivity contribution >= 4 is 27.3 Å². The van der Waals surface area contributed by atoms with Gasteiger partial charge in [0.15, 0.2) is 0 Å². The van der Waals surface area contributed by atoms with E-state index < -0.39 is 15.8 Å². The minimum absolute atomic E-state index is 0.177. The summed E-state index contributed by atoms with van der Waals surface area (Å²) < 4.78 is 40.0. The van der Waals surface area contributed by atoms with Crippen LogP contribution in [0.3, 0.4) is 0 Å². The molecule has 0 saturated carbocycles. The molecule has 5 nitrogen and oxygen atoms in total. The Kier molecular flexibility index (Phi) is 5.02. The second-order valence-electron chi connectivity index (χ2n) is 5.34. The summed E-state index contributed by atoms with van der Waals surface area (Å²) in [5.74, 6) is -0.748. The van der Waals surface area contributed by atoms with Crippen molar-refractivity contribution in [3.05, 3.63) is 23.0 Å². The number of anilines is 1. The van der Waals surface area contributed by atoms with Crippen molar-refractivity contribution < 1.29 is 12.8 Å². The summed E-state index contributed by atoms with van der Waals surface area (Å²) in [6.07, 6.45) is 0. The van der Waals surface area contributed by atoms with Gasteiger partial charge in [0.05, 0.1) is 10.7 Å². The molecule has 0 radical (unpaired) electrons. The van der Waals surface area contributed by atoms with Crippen LogP contribution in [0.2, 0.25) is 5.02 Å². The second kappa shape index (κ2) is 5.85. The first-order valence-corrected chi connectivity index (χ1v) is 7.75. The zero-order chi connectivity index (χ0) is 15.7. The fourth-order valence-electron chi connectivity index (χ4n) is 1.26. The maximum Gasteiger partial charge on any atom is 0.242 e. The fraction of sp³-hybridized carbons (Fsp3) is 0.500. The van der Waals surface area contributed by atoms with Gasteiger partial charge in [0.2, 0.25) is 10.0 Å². The second-order valence-corrected chi connectivity index (χ2v) is 7.48. The lowest BCUT2D eigenvalue weighted by Gasteiger charge is -2.32. The number of sulfonamides is 1. The van der Waals surface area contributed by atoms with Crippen LogP contribution in [0.5, 0.6) is 0 Å². The van der Waals surface area contributed by atoms with Gasteiger partial charge in [0.1, 0.15) is 10.7 Å². The molecule has 114 valence electrons. The number of nitrogens with one attached hydrogen (secondary N) is 1. The summed E-state index contributed by atoms with van der Waals surface area (Å²) in [6, 6.07) is 1.91. The zero-order valence-corrected chi connectivity index (χ0v) is 13.4. The number of benzene rings is 1. The molecule has 0 aromatic heterocycles. The van der Waals surface area contributed by atoms with Gasteiger partial charge in [0.25, 0.3) is 0 Å². The predicted molar refractivity (Wildman–Crippen MR) is 78.8 cm³/mol. The van der Waals surface area contributed by atoms with Gasteiger partial charge in [0, 0.05) is 12.1 Å². The van der Waals surface area contributed by atoms with Gasteiger partial charge in [-0.05, 0) is 40.1 Å². The van der Waals surface area contributed by atoms with Gasteiger partial charge in [-0.25, -0.2) is 17.5 Å². The minimum Gasteiger partial charge on any atom is -0.396 e. The summed E-state index contributed by atoms with van der Waals surface area (Å²) in [5, 5.41) is -0.202. The molecule has 0 bridgehead atoms. The van der Waals surface area contributed by atoms with Crippen molar-refractivity contribution in [2.24, 2.45) is 0 Å². The molecular formula is C12H19ClFN3O2S. The Morgan fingerprint density at radius 1 is 1.40 bits per heavy atom. The van der Waals surface area contributed by atoms with E-state index in [0.29, 0.717) is 0 Å². The van der Waals surface area contributed by atoms with Crippen LogP contribution in [-0.4, -0.2) is 39.5 Å². The highest BCUT2D eigenvalue weighted by molar-refractivity contribution is 7.89. The normalized spacial score (nSPS) is 12.9. The molecule has 0 spiro atoms. The molecule has 0 saturated heterocycles. The van der Waals surface area contributed by atoms with Crippen molar-refractivity contribution in [3.63, 3.8) is 0 Å². The minimum atomic E-state index is -3.85. The molecular weight excluding hydrogens is 305 g/mol. The number of hydrogen-bond acceptors (Lipinski definition) is 4. The lowest BCUT2D eigenvalue weighted by atomic mass is 10.1. The van der Waals surface area contributed by atoms with Crippen molar-refractivity contribution in [2.45, 2.75) is 24.3 Å². The summed E-state index contributed by atoms with van der Waals surface area (Å²) >= 11 is 5.77. The largest absolute Gasteiger partial charge is 0.396 e. The Labute approximate surface area is 124 Å². The van der Waals surface area contributed by atoms with Crippen molar-refractivity contribution in [3.8, 4) is 0 Å². The number of nitrogen functional groups attached to an aromatic ring is 1. The van der Waals surface area contributed by atoms with E-state index in [9.17, 15) is 12.8 Å². The summed E-state index contributed by atoms with van der Waals surface area (Å²) in [6.45, 7) is 3.95. The molecule has 1 aromatic rings. The van der Waals surface area contributed by atoms with Gasteiger partial charge in [-0.15, -0.1) is 0 Å². The summed E-state index contributed by atoms with van der Waals surface area (Å²) in [4.78, 5) is 1.66. The number of rotatable bonds is 5.